The zero-order chi connectivity index (χ0) is 14.4. The van der Waals surface area contributed by atoms with Gasteiger partial charge in [0.25, 0.3) is 0 Å². The van der Waals surface area contributed by atoms with Crippen LogP contribution in [0.4, 0.5) is 8.78 Å². The highest BCUT2D eigenvalue weighted by molar-refractivity contribution is 5.23. The lowest BCUT2D eigenvalue weighted by atomic mass is 10.1. The molecule has 1 unspecified atom stereocenters. The average Bonchev–Trinajstić information content (AvgIpc) is 2.94. The summed E-state index contributed by atoms with van der Waals surface area (Å²) in [4.78, 5) is 0.311. The Hall–Kier alpha value is -1.93. The van der Waals surface area contributed by atoms with Gasteiger partial charge in [-0.1, -0.05) is 35.1 Å². The smallest absolute Gasteiger partial charge is 0.318 e. The van der Waals surface area contributed by atoms with Gasteiger partial charge in [0.2, 0.25) is 0 Å². The van der Waals surface area contributed by atoms with Crippen LogP contribution in [0.25, 0.3) is 0 Å². The maximum Gasteiger partial charge on any atom is 0.350 e. The summed E-state index contributed by atoms with van der Waals surface area (Å²) in [6, 6.07) is 9.05. The molecule has 108 valence electrons. The van der Waals surface area contributed by atoms with Crippen molar-refractivity contribution in [1.29, 1.82) is 0 Å². The normalized spacial score (nSPS) is 12.8. The Morgan fingerprint density at radius 3 is 2.55 bits per heavy atom. The zero-order valence-corrected chi connectivity index (χ0v) is 11.0. The van der Waals surface area contributed by atoms with Crippen molar-refractivity contribution in [1.82, 2.24) is 30.8 Å². The third-order valence-electron chi connectivity index (χ3n) is 2.73. The van der Waals surface area contributed by atoms with E-state index in [-0.39, 0.29) is 11.9 Å². The average molecular weight is 282 g/mol. The van der Waals surface area contributed by atoms with Gasteiger partial charge in [-0.2, -0.15) is 8.78 Å². The standard InChI is InChI=1S/C12H16F2N6/c1-15-7-8-16-10(9-5-3-2-4-6-9)11-17-19-20(18-11)12(13)14/h2-6,10,12,15-16H,7-8H2,1H3. The number of rotatable bonds is 7. The van der Waals surface area contributed by atoms with Gasteiger partial charge in [-0.05, 0) is 17.8 Å². The van der Waals surface area contributed by atoms with Crippen LogP contribution in [0.1, 0.15) is 24.0 Å². The Bertz CT molecular complexity index is 516. The first-order chi connectivity index (χ1) is 9.72. The van der Waals surface area contributed by atoms with Crippen molar-refractivity contribution in [3.63, 3.8) is 0 Å². The van der Waals surface area contributed by atoms with Crippen molar-refractivity contribution in [2.24, 2.45) is 0 Å². The lowest BCUT2D eigenvalue weighted by Crippen LogP contribution is -2.30. The Labute approximate surface area is 115 Å². The first-order valence-electron chi connectivity index (χ1n) is 6.23. The number of likely N-dealkylation sites (N-methyl/N-ethyl adjacent to an activating group) is 1. The van der Waals surface area contributed by atoms with Gasteiger partial charge >= 0.3 is 6.55 Å². The van der Waals surface area contributed by atoms with E-state index in [1.54, 1.807) is 0 Å². The van der Waals surface area contributed by atoms with Crippen molar-refractivity contribution >= 4 is 0 Å². The number of nitrogens with zero attached hydrogens (tertiary/aromatic N) is 4. The molecule has 0 spiro atoms. The second-order valence-electron chi connectivity index (χ2n) is 4.15. The Morgan fingerprint density at radius 2 is 1.95 bits per heavy atom. The van der Waals surface area contributed by atoms with Crippen molar-refractivity contribution in [3.05, 3.63) is 41.7 Å². The fraction of sp³-hybridized carbons (Fsp3) is 0.417. The molecular weight excluding hydrogens is 266 g/mol. The van der Waals surface area contributed by atoms with E-state index in [2.05, 4.69) is 26.0 Å². The predicted molar refractivity (Wildman–Crippen MR) is 69.3 cm³/mol. The fourth-order valence-electron chi connectivity index (χ4n) is 1.78. The van der Waals surface area contributed by atoms with Crippen molar-refractivity contribution in [2.75, 3.05) is 20.1 Å². The van der Waals surface area contributed by atoms with Crippen LogP contribution in [0.5, 0.6) is 0 Å². The first-order valence-corrected chi connectivity index (χ1v) is 6.23. The van der Waals surface area contributed by atoms with Crippen LogP contribution >= 0.6 is 0 Å². The minimum atomic E-state index is -2.79. The van der Waals surface area contributed by atoms with Crippen molar-refractivity contribution in [3.8, 4) is 0 Å². The molecular formula is C12H16F2N6. The van der Waals surface area contributed by atoms with Crippen LogP contribution in [0.15, 0.2) is 30.3 Å². The summed E-state index contributed by atoms with van der Waals surface area (Å²) < 4.78 is 25.0. The highest BCUT2D eigenvalue weighted by atomic mass is 19.3. The van der Waals surface area contributed by atoms with Crippen LogP contribution in [0, 0.1) is 0 Å². The van der Waals surface area contributed by atoms with Crippen molar-refractivity contribution in [2.45, 2.75) is 12.6 Å². The molecule has 1 atom stereocenters. The van der Waals surface area contributed by atoms with Gasteiger partial charge in [-0.15, -0.1) is 10.2 Å². The van der Waals surface area contributed by atoms with Crippen LogP contribution in [-0.4, -0.2) is 40.3 Å². The van der Waals surface area contributed by atoms with Gasteiger partial charge in [0, 0.05) is 13.1 Å². The van der Waals surface area contributed by atoms with E-state index < -0.39 is 6.55 Å². The molecule has 0 amide bonds. The third kappa shape index (κ3) is 3.55. The van der Waals surface area contributed by atoms with Gasteiger partial charge in [0.15, 0.2) is 5.82 Å². The molecule has 0 saturated heterocycles. The van der Waals surface area contributed by atoms with E-state index in [4.69, 9.17) is 0 Å². The molecule has 0 fully saturated rings. The molecule has 1 heterocycles. The summed E-state index contributed by atoms with van der Waals surface area (Å²) in [5, 5.41) is 17.0. The van der Waals surface area contributed by atoms with E-state index in [1.807, 2.05) is 37.4 Å². The number of hydrogen-bond donors (Lipinski definition) is 2. The molecule has 1 aromatic carbocycles. The predicted octanol–water partition coefficient (Wildman–Crippen LogP) is 0.967. The Balaban J connectivity index is 2.21. The maximum atomic E-state index is 12.5. The summed E-state index contributed by atoms with van der Waals surface area (Å²) in [7, 11) is 1.84. The molecule has 0 aliphatic rings. The molecule has 0 saturated carbocycles. The minimum absolute atomic E-state index is 0.229. The highest BCUT2D eigenvalue weighted by Gasteiger charge is 2.20. The summed E-state index contributed by atoms with van der Waals surface area (Å²) >= 11 is 0. The molecule has 0 aliphatic carbocycles. The molecule has 20 heavy (non-hydrogen) atoms. The lowest BCUT2D eigenvalue weighted by Gasteiger charge is -2.15. The SMILES string of the molecule is CNCCNC(c1ccccc1)c1nnn(C(F)F)n1. The van der Waals surface area contributed by atoms with Crippen LogP contribution in [0.2, 0.25) is 0 Å². The van der Waals surface area contributed by atoms with Crippen LogP contribution in [-0.2, 0) is 0 Å². The largest absolute Gasteiger partial charge is 0.350 e. The van der Waals surface area contributed by atoms with Crippen molar-refractivity contribution < 1.29 is 8.78 Å². The molecule has 0 radical (unpaired) electrons. The second kappa shape index (κ2) is 7.01. The minimum Gasteiger partial charge on any atom is -0.318 e. The van der Waals surface area contributed by atoms with E-state index >= 15 is 0 Å². The molecule has 0 bridgehead atoms. The molecule has 2 N–H and O–H groups in total. The number of halogens is 2. The van der Waals surface area contributed by atoms with Gasteiger partial charge in [-0.3, -0.25) is 0 Å². The third-order valence-corrected chi connectivity index (χ3v) is 2.73. The summed E-state index contributed by atoms with van der Waals surface area (Å²) in [6.45, 7) is -1.39. The maximum absolute atomic E-state index is 12.5. The number of aromatic nitrogens is 4. The van der Waals surface area contributed by atoms with Crippen LogP contribution < -0.4 is 10.6 Å². The number of nitrogens with one attached hydrogen (secondary N) is 2. The number of benzene rings is 1. The van der Waals surface area contributed by atoms with E-state index in [0.29, 0.717) is 11.3 Å². The van der Waals surface area contributed by atoms with E-state index in [9.17, 15) is 8.78 Å². The zero-order valence-electron chi connectivity index (χ0n) is 11.0. The highest BCUT2D eigenvalue weighted by Crippen LogP contribution is 2.18. The Kier molecular flexibility index (Phi) is 5.08. The van der Waals surface area contributed by atoms with Gasteiger partial charge in [-0.25, -0.2) is 0 Å². The summed E-state index contributed by atoms with van der Waals surface area (Å²) in [5.41, 5.74) is 0.900. The fourth-order valence-corrected chi connectivity index (χ4v) is 1.78. The molecule has 2 aromatic rings. The summed E-state index contributed by atoms with van der Waals surface area (Å²) in [6.07, 6.45) is 0. The van der Waals surface area contributed by atoms with Gasteiger partial charge < -0.3 is 10.6 Å². The van der Waals surface area contributed by atoms with E-state index in [1.165, 1.54) is 0 Å². The first kappa shape index (κ1) is 14.5. The molecule has 6 nitrogen and oxygen atoms in total. The monoisotopic (exact) mass is 282 g/mol. The molecule has 2 rings (SSSR count). The second-order valence-corrected chi connectivity index (χ2v) is 4.15. The van der Waals surface area contributed by atoms with Crippen LogP contribution in [0.3, 0.4) is 0 Å². The molecule has 0 aliphatic heterocycles. The number of alkyl halides is 2. The van der Waals surface area contributed by atoms with Gasteiger partial charge in [0.1, 0.15) is 0 Å². The Morgan fingerprint density at radius 1 is 1.20 bits per heavy atom. The molecule has 8 heteroatoms. The molecule has 1 aromatic heterocycles. The number of hydrogen-bond acceptors (Lipinski definition) is 5. The number of tetrazole rings is 1. The van der Waals surface area contributed by atoms with Gasteiger partial charge in [0.05, 0.1) is 6.04 Å². The topological polar surface area (TPSA) is 67.7 Å². The quantitative estimate of drug-likeness (QED) is 0.741. The van der Waals surface area contributed by atoms with E-state index in [0.717, 1.165) is 12.1 Å². The lowest BCUT2D eigenvalue weighted by molar-refractivity contribution is 0.0393. The summed E-state index contributed by atoms with van der Waals surface area (Å²) in [5.74, 6) is 0.229.